The van der Waals surface area contributed by atoms with E-state index in [4.69, 9.17) is 9.47 Å². The van der Waals surface area contributed by atoms with Gasteiger partial charge in [-0.2, -0.15) is 0 Å². The second-order valence-electron chi connectivity index (χ2n) is 7.95. The van der Waals surface area contributed by atoms with Crippen LogP contribution < -0.4 is 20.1 Å². The van der Waals surface area contributed by atoms with Crippen LogP contribution in [0.1, 0.15) is 47.6 Å². The van der Waals surface area contributed by atoms with Crippen molar-refractivity contribution in [2.45, 2.75) is 37.8 Å². The molecular formula is C24H27N3O5. The summed E-state index contributed by atoms with van der Waals surface area (Å²) >= 11 is 0. The molecule has 0 aromatic heterocycles. The number of amides is 3. The van der Waals surface area contributed by atoms with Gasteiger partial charge in [-0.25, -0.2) is 0 Å². The monoisotopic (exact) mass is 437 g/mol. The summed E-state index contributed by atoms with van der Waals surface area (Å²) in [7, 11) is 3.20. The lowest BCUT2D eigenvalue weighted by molar-refractivity contribution is -0.132. The molecule has 2 aromatic carbocycles. The average Bonchev–Trinajstić information content (AvgIpc) is 3.26. The number of ether oxygens (including phenoxy) is 2. The number of carbonyl (C=O) groups is 3. The Balaban J connectivity index is 1.44. The number of nitrogens with zero attached hydrogens (tertiary/aromatic N) is 1. The maximum absolute atomic E-state index is 13.1. The van der Waals surface area contributed by atoms with Crippen LogP contribution >= 0.6 is 0 Å². The summed E-state index contributed by atoms with van der Waals surface area (Å²) in [4.78, 5) is 40.1. The van der Waals surface area contributed by atoms with Crippen molar-refractivity contribution in [1.29, 1.82) is 0 Å². The molecule has 1 saturated heterocycles. The van der Waals surface area contributed by atoms with E-state index in [1.165, 1.54) is 0 Å². The van der Waals surface area contributed by atoms with E-state index in [1.807, 2.05) is 23.1 Å². The Kier molecular flexibility index (Phi) is 6.30. The van der Waals surface area contributed by atoms with Crippen molar-refractivity contribution >= 4 is 23.4 Å². The van der Waals surface area contributed by atoms with Crippen molar-refractivity contribution in [2.24, 2.45) is 0 Å². The molecule has 168 valence electrons. The summed E-state index contributed by atoms with van der Waals surface area (Å²) < 4.78 is 10.8. The molecule has 2 aliphatic heterocycles. The van der Waals surface area contributed by atoms with E-state index in [0.717, 1.165) is 18.4 Å². The minimum Gasteiger partial charge on any atom is -0.497 e. The molecule has 0 spiro atoms. The van der Waals surface area contributed by atoms with Gasteiger partial charge < -0.3 is 25.0 Å². The van der Waals surface area contributed by atoms with Crippen LogP contribution in [0.15, 0.2) is 42.5 Å². The van der Waals surface area contributed by atoms with E-state index < -0.39 is 6.04 Å². The van der Waals surface area contributed by atoms with Crippen LogP contribution in [0.4, 0.5) is 5.69 Å². The summed E-state index contributed by atoms with van der Waals surface area (Å²) in [6.45, 7) is 0.646. The van der Waals surface area contributed by atoms with E-state index >= 15 is 0 Å². The molecule has 0 bridgehead atoms. The molecule has 2 aliphatic rings. The lowest BCUT2D eigenvalue weighted by Crippen LogP contribution is -2.42. The summed E-state index contributed by atoms with van der Waals surface area (Å²) in [5.41, 5.74) is 1.84. The zero-order valence-corrected chi connectivity index (χ0v) is 18.2. The molecule has 0 aliphatic carbocycles. The third-order valence-corrected chi connectivity index (χ3v) is 6.07. The number of likely N-dealkylation sites (tertiary alicyclic amines) is 1. The van der Waals surface area contributed by atoms with E-state index in [-0.39, 0.29) is 36.6 Å². The molecule has 32 heavy (non-hydrogen) atoms. The van der Waals surface area contributed by atoms with Gasteiger partial charge in [0.1, 0.15) is 17.5 Å². The zero-order chi connectivity index (χ0) is 22.7. The standard InChI is InChI=1S/C24H27N3O5/c1-31-15-9-10-17(21(14-15)32-2)20-8-5-13-27(20)22(28)12-11-19-24(30)25-18-7-4-3-6-16(18)23(29)26-19/h3-4,6-7,9-10,14,19-20H,5,8,11-13H2,1-2H3,(H,25,30)(H,26,29)/t19-,20-/m0/s1. The molecular weight excluding hydrogens is 410 g/mol. The fourth-order valence-corrected chi connectivity index (χ4v) is 4.41. The molecule has 1 fully saturated rings. The van der Waals surface area contributed by atoms with Crippen LogP contribution in [-0.4, -0.2) is 49.4 Å². The highest BCUT2D eigenvalue weighted by Crippen LogP contribution is 2.39. The highest BCUT2D eigenvalue weighted by molar-refractivity contribution is 6.09. The second-order valence-corrected chi connectivity index (χ2v) is 7.95. The van der Waals surface area contributed by atoms with Crippen LogP contribution in [0, 0.1) is 0 Å². The minimum atomic E-state index is -0.768. The zero-order valence-electron chi connectivity index (χ0n) is 18.2. The third kappa shape index (κ3) is 4.26. The molecule has 3 amide bonds. The molecule has 2 aromatic rings. The van der Waals surface area contributed by atoms with Crippen molar-refractivity contribution in [3.05, 3.63) is 53.6 Å². The number of rotatable bonds is 6. The van der Waals surface area contributed by atoms with Crippen LogP contribution in [0.3, 0.4) is 0 Å². The Morgan fingerprint density at radius 3 is 2.72 bits per heavy atom. The fraction of sp³-hybridized carbons (Fsp3) is 0.375. The molecule has 0 unspecified atom stereocenters. The predicted molar refractivity (Wildman–Crippen MR) is 119 cm³/mol. The summed E-state index contributed by atoms with van der Waals surface area (Å²) in [6.07, 6.45) is 2.11. The number of para-hydroxylation sites is 1. The van der Waals surface area contributed by atoms with E-state index in [0.29, 0.717) is 29.3 Å². The van der Waals surface area contributed by atoms with Gasteiger partial charge >= 0.3 is 0 Å². The minimum absolute atomic E-state index is 0.0471. The normalized spacial score (nSPS) is 20.1. The maximum atomic E-state index is 13.1. The molecule has 8 heteroatoms. The molecule has 2 N–H and O–H groups in total. The van der Waals surface area contributed by atoms with E-state index in [1.54, 1.807) is 38.5 Å². The largest absolute Gasteiger partial charge is 0.497 e. The quantitative estimate of drug-likeness (QED) is 0.724. The number of methoxy groups -OCH3 is 2. The number of hydrogen-bond donors (Lipinski definition) is 2. The molecule has 8 nitrogen and oxygen atoms in total. The van der Waals surface area contributed by atoms with Gasteiger partial charge in [-0.05, 0) is 43.5 Å². The highest BCUT2D eigenvalue weighted by Gasteiger charge is 2.33. The van der Waals surface area contributed by atoms with Gasteiger partial charge in [0, 0.05) is 24.6 Å². The number of hydrogen-bond acceptors (Lipinski definition) is 5. The van der Waals surface area contributed by atoms with Crippen molar-refractivity contribution < 1.29 is 23.9 Å². The van der Waals surface area contributed by atoms with Crippen molar-refractivity contribution in [1.82, 2.24) is 10.2 Å². The Bertz CT molecular complexity index is 1040. The lowest BCUT2D eigenvalue weighted by atomic mass is 10.0. The molecule has 4 rings (SSSR count). The van der Waals surface area contributed by atoms with Gasteiger partial charge in [-0.1, -0.05) is 12.1 Å². The van der Waals surface area contributed by atoms with Gasteiger partial charge in [0.05, 0.1) is 31.5 Å². The molecule has 0 saturated carbocycles. The van der Waals surface area contributed by atoms with E-state index in [2.05, 4.69) is 10.6 Å². The first-order valence-corrected chi connectivity index (χ1v) is 10.7. The summed E-state index contributed by atoms with van der Waals surface area (Å²) in [5.74, 6) is 0.693. The van der Waals surface area contributed by atoms with Gasteiger partial charge in [-0.15, -0.1) is 0 Å². The number of fused-ring (bicyclic) bond motifs is 1. The van der Waals surface area contributed by atoms with Gasteiger partial charge in [-0.3, -0.25) is 14.4 Å². The van der Waals surface area contributed by atoms with Crippen LogP contribution in [0.25, 0.3) is 0 Å². The Labute approximate surface area is 186 Å². The highest BCUT2D eigenvalue weighted by atomic mass is 16.5. The average molecular weight is 437 g/mol. The predicted octanol–water partition coefficient (Wildman–Crippen LogP) is 2.90. The lowest BCUT2D eigenvalue weighted by Gasteiger charge is -2.27. The Hall–Kier alpha value is -3.55. The first-order valence-electron chi connectivity index (χ1n) is 10.7. The topological polar surface area (TPSA) is 97.0 Å². The first-order chi connectivity index (χ1) is 15.5. The first kappa shape index (κ1) is 21.7. The Morgan fingerprint density at radius 2 is 1.94 bits per heavy atom. The molecule has 2 atom stereocenters. The van der Waals surface area contributed by atoms with Crippen molar-refractivity contribution in [3.63, 3.8) is 0 Å². The van der Waals surface area contributed by atoms with Crippen LogP contribution in [0.2, 0.25) is 0 Å². The van der Waals surface area contributed by atoms with Crippen molar-refractivity contribution in [3.8, 4) is 11.5 Å². The number of carbonyl (C=O) groups excluding carboxylic acids is 3. The van der Waals surface area contributed by atoms with Gasteiger partial charge in [0.25, 0.3) is 5.91 Å². The van der Waals surface area contributed by atoms with Crippen molar-refractivity contribution in [2.75, 3.05) is 26.1 Å². The van der Waals surface area contributed by atoms with Gasteiger partial charge in [0.15, 0.2) is 0 Å². The van der Waals surface area contributed by atoms with Crippen LogP contribution in [0.5, 0.6) is 11.5 Å². The fourth-order valence-electron chi connectivity index (χ4n) is 4.41. The van der Waals surface area contributed by atoms with Gasteiger partial charge in [0.2, 0.25) is 11.8 Å². The Morgan fingerprint density at radius 1 is 1.12 bits per heavy atom. The van der Waals surface area contributed by atoms with E-state index in [9.17, 15) is 14.4 Å². The second kappa shape index (κ2) is 9.30. The molecule has 2 heterocycles. The number of nitrogens with one attached hydrogen (secondary N) is 2. The maximum Gasteiger partial charge on any atom is 0.254 e. The third-order valence-electron chi connectivity index (χ3n) is 6.07. The molecule has 0 radical (unpaired) electrons. The smallest absolute Gasteiger partial charge is 0.254 e. The SMILES string of the molecule is COc1ccc([C@@H]2CCCN2C(=O)CC[C@@H]2NC(=O)c3ccccc3NC2=O)c(OC)c1. The summed E-state index contributed by atoms with van der Waals surface area (Å²) in [5, 5.41) is 5.53. The number of benzene rings is 2. The summed E-state index contributed by atoms with van der Waals surface area (Å²) in [6, 6.07) is 11.6. The van der Waals surface area contributed by atoms with Crippen LogP contribution in [-0.2, 0) is 9.59 Å². The number of anilines is 1.